The van der Waals surface area contributed by atoms with Gasteiger partial charge >= 0.3 is 0 Å². The van der Waals surface area contributed by atoms with Crippen LogP contribution in [-0.2, 0) is 47.4 Å². The molecule has 0 spiro atoms. The van der Waals surface area contributed by atoms with Gasteiger partial charge in [-0.25, -0.2) is 0 Å². The molecule has 0 aromatic carbocycles. The summed E-state index contributed by atoms with van der Waals surface area (Å²) in [7, 11) is 0. The molecule has 0 bridgehead atoms. The van der Waals surface area contributed by atoms with Gasteiger partial charge in [0.2, 0.25) is 0 Å². The number of hydrogen-bond acceptors (Lipinski definition) is 10. The van der Waals surface area contributed by atoms with Crippen LogP contribution in [0.4, 0.5) is 0 Å². The van der Waals surface area contributed by atoms with E-state index in [-0.39, 0.29) is 6.10 Å². The lowest BCUT2D eigenvalue weighted by atomic mass is 10.1. The summed E-state index contributed by atoms with van der Waals surface area (Å²) < 4.78 is 54.8. The predicted molar refractivity (Wildman–Crippen MR) is 161 cm³/mol. The molecule has 0 rings (SSSR count). The summed E-state index contributed by atoms with van der Waals surface area (Å²) >= 11 is 0. The van der Waals surface area contributed by atoms with Crippen LogP contribution in [0.5, 0.6) is 0 Å². The Hall–Kier alpha value is -0.400. The van der Waals surface area contributed by atoms with Gasteiger partial charge in [0.1, 0.15) is 0 Å². The summed E-state index contributed by atoms with van der Waals surface area (Å²) in [5.41, 5.74) is 0. The Labute approximate surface area is 251 Å². The van der Waals surface area contributed by atoms with E-state index in [2.05, 4.69) is 6.92 Å². The van der Waals surface area contributed by atoms with Crippen LogP contribution in [0.15, 0.2) is 0 Å². The van der Waals surface area contributed by atoms with Gasteiger partial charge in [-0.05, 0) is 20.3 Å². The van der Waals surface area contributed by atoms with Crippen molar-refractivity contribution in [1.82, 2.24) is 0 Å². The summed E-state index contributed by atoms with van der Waals surface area (Å²) in [6, 6.07) is 0. The van der Waals surface area contributed by atoms with Gasteiger partial charge < -0.3 is 47.4 Å². The van der Waals surface area contributed by atoms with Crippen molar-refractivity contribution in [3.05, 3.63) is 0 Å². The third-order valence-corrected chi connectivity index (χ3v) is 5.80. The fourth-order valence-electron chi connectivity index (χ4n) is 3.54. The number of hydrogen-bond donors (Lipinski definition) is 0. The zero-order valence-electron chi connectivity index (χ0n) is 26.8. The minimum Gasteiger partial charge on any atom is -0.379 e. The summed E-state index contributed by atoms with van der Waals surface area (Å²) in [6.07, 6.45) is 10.8. The topological polar surface area (TPSA) is 92.3 Å². The van der Waals surface area contributed by atoms with E-state index in [1.807, 2.05) is 13.8 Å². The Morgan fingerprint density at radius 2 is 0.537 bits per heavy atom. The number of rotatable bonds is 37. The summed E-state index contributed by atoms with van der Waals surface area (Å²) in [5.74, 6) is 0. The largest absolute Gasteiger partial charge is 0.379 e. The van der Waals surface area contributed by atoms with Crippen molar-refractivity contribution >= 4 is 0 Å². The van der Waals surface area contributed by atoms with Crippen LogP contribution in [0, 0.1) is 0 Å². The van der Waals surface area contributed by atoms with Crippen LogP contribution in [-0.4, -0.2) is 132 Å². The number of ether oxygens (including phenoxy) is 10. The van der Waals surface area contributed by atoms with E-state index in [0.29, 0.717) is 119 Å². The average Bonchev–Trinajstić information content (AvgIpc) is 2.97. The average molecular weight is 597 g/mol. The van der Waals surface area contributed by atoms with Gasteiger partial charge in [0.15, 0.2) is 0 Å². The molecule has 10 heteroatoms. The molecule has 0 heterocycles. The SMILES string of the molecule is CCCCCCCCCCOCCOCCOCCOCCOCCOCCOCCOCCOCCOC(C)C. The highest BCUT2D eigenvalue weighted by Gasteiger charge is 1.97. The first-order chi connectivity index (χ1) is 20.3. The Morgan fingerprint density at radius 1 is 0.293 bits per heavy atom. The minimum absolute atomic E-state index is 0.237. The molecule has 248 valence electrons. The second-order valence-electron chi connectivity index (χ2n) is 9.91. The van der Waals surface area contributed by atoms with E-state index >= 15 is 0 Å². The van der Waals surface area contributed by atoms with E-state index < -0.39 is 0 Å². The van der Waals surface area contributed by atoms with Gasteiger partial charge in [-0.15, -0.1) is 0 Å². The summed E-state index contributed by atoms with van der Waals surface area (Å²) in [4.78, 5) is 0. The van der Waals surface area contributed by atoms with E-state index in [0.717, 1.165) is 13.0 Å². The molecule has 0 aliphatic rings. The van der Waals surface area contributed by atoms with Crippen LogP contribution in [0.25, 0.3) is 0 Å². The highest BCUT2D eigenvalue weighted by Crippen LogP contribution is 2.08. The molecule has 0 aromatic rings. The summed E-state index contributed by atoms with van der Waals surface area (Å²) in [5, 5.41) is 0. The second-order valence-corrected chi connectivity index (χ2v) is 9.91. The predicted octanol–water partition coefficient (Wildman–Crippen LogP) is 4.70. The van der Waals surface area contributed by atoms with Gasteiger partial charge in [-0.1, -0.05) is 51.9 Å². The quantitative estimate of drug-likeness (QED) is 0.0940. The Kier molecular flexibility index (Phi) is 37.3. The van der Waals surface area contributed by atoms with E-state index in [1.54, 1.807) is 0 Å². The molecular weight excluding hydrogens is 532 g/mol. The van der Waals surface area contributed by atoms with E-state index in [1.165, 1.54) is 44.9 Å². The van der Waals surface area contributed by atoms with Crippen molar-refractivity contribution in [2.24, 2.45) is 0 Å². The smallest absolute Gasteiger partial charge is 0.0703 e. The molecule has 0 unspecified atom stereocenters. The van der Waals surface area contributed by atoms with Crippen molar-refractivity contribution in [2.75, 3.05) is 126 Å². The molecule has 0 aliphatic carbocycles. The molecule has 0 atom stereocenters. The zero-order valence-corrected chi connectivity index (χ0v) is 26.8. The van der Waals surface area contributed by atoms with Crippen molar-refractivity contribution in [2.45, 2.75) is 78.2 Å². The molecule has 41 heavy (non-hydrogen) atoms. The van der Waals surface area contributed by atoms with Gasteiger partial charge in [0.25, 0.3) is 0 Å². The van der Waals surface area contributed by atoms with Crippen LogP contribution in [0.1, 0.15) is 72.1 Å². The van der Waals surface area contributed by atoms with E-state index in [9.17, 15) is 0 Å². The normalized spacial score (nSPS) is 11.7. The van der Waals surface area contributed by atoms with Crippen LogP contribution < -0.4 is 0 Å². The molecule has 0 radical (unpaired) electrons. The van der Waals surface area contributed by atoms with Crippen LogP contribution in [0.2, 0.25) is 0 Å². The Morgan fingerprint density at radius 3 is 0.829 bits per heavy atom. The van der Waals surface area contributed by atoms with Gasteiger partial charge in [0, 0.05) is 6.61 Å². The molecule has 10 nitrogen and oxygen atoms in total. The first-order valence-corrected chi connectivity index (χ1v) is 16.1. The lowest BCUT2D eigenvalue weighted by Gasteiger charge is -2.09. The maximum absolute atomic E-state index is 5.62. The van der Waals surface area contributed by atoms with Gasteiger partial charge in [-0.2, -0.15) is 0 Å². The van der Waals surface area contributed by atoms with Gasteiger partial charge in [-0.3, -0.25) is 0 Å². The molecule has 0 saturated heterocycles. The monoisotopic (exact) mass is 596 g/mol. The van der Waals surface area contributed by atoms with Crippen LogP contribution in [0.3, 0.4) is 0 Å². The lowest BCUT2D eigenvalue weighted by Crippen LogP contribution is -2.15. The fraction of sp³-hybridized carbons (Fsp3) is 1.00. The van der Waals surface area contributed by atoms with Crippen LogP contribution >= 0.6 is 0 Å². The van der Waals surface area contributed by atoms with E-state index in [4.69, 9.17) is 47.4 Å². The molecule has 0 aliphatic heterocycles. The van der Waals surface area contributed by atoms with Crippen molar-refractivity contribution < 1.29 is 47.4 Å². The Bertz CT molecular complexity index is 457. The van der Waals surface area contributed by atoms with Gasteiger partial charge in [0.05, 0.1) is 125 Å². The first kappa shape index (κ1) is 40.6. The molecular formula is C31H64O10. The minimum atomic E-state index is 0.237. The van der Waals surface area contributed by atoms with Crippen molar-refractivity contribution in [3.63, 3.8) is 0 Å². The third kappa shape index (κ3) is 39.6. The second kappa shape index (κ2) is 37.6. The Balaban J connectivity index is 3.03. The maximum atomic E-state index is 5.62. The molecule has 0 saturated carbocycles. The molecule has 0 N–H and O–H groups in total. The first-order valence-electron chi connectivity index (χ1n) is 16.1. The molecule has 0 fully saturated rings. The lowest BCUT2D eigenvalue weighted by molar-refractivity contribution is -0.0279. The maximum Gasteiger partial charge on any atom is 0.0703 e. The highest BCUT2D eigenvalue weighted by molar-refractivity contribution is 4.46. The standard InChI is InChI=1S/C31H64O10/c1-4-5-6-7-8-9-10-11-12-32-13-14-33-15-16-34-17-18-35-19-20-36-21-22-37-23-24-38-25-26-39-27-28-40-29-30-41-31(2)3/h31H,4-30H2,1-3H3. The fourth-order valence-corrected chi connectivity index (χ4v) is 3.54. The van der Waals surface area contributed by atoms with Crippen molar-refractivity contribution in [1.29, 1.82) is 0 Å². The molecule has 0 aromatic heterocycles. The number of unbranched alkanes of at least 4 members (excludes halogenated alkanes) is 7. The third-order valence-electron chi connectivity index (χ3n) is 5.80. The zero-order chi connectivity index (χ0) is 29.7. The highest BCUT2D eigenvalue weighted by atomic mass is 16.6. The summed E-state index contributed by atoms with van der Waals surface area (Å²) in [6.45, 7) is 17.2. The molecule has 0 amide bonds. The van der Waals surface area contributed by atoms with Crippen molar-refractivity contribution in [3.8, 4) is 0 Å².